The Bertz CT molecular complexity index is 267. The van der Waals surface area contributed by atoms with E-state index in [0.29, 0.717) is 0 Å². The average molecular weight is 210 g/mol. The second kappa shape index (κ2) is 5.33. The normalized spacial score (nSPS) is 12.3. The minimum atomic E-state index is -0.00705. The number of aromatic nitrogens is 1. The highest BCUT2D eigenvalue weighted by atomic mass is 16.3. The zero-order chi connectivity index (χ0) is 11.3. The number of likely N-dealkylation sites (N-methyl/N-ethyl adjacent to an activating group) is 1. The Labute approximate surface area is 92.1 Å². The second-order valence-electron chi connectivity index (χ2n) is 5.03. The first-order chi connectivity index (χ1) is 7.03. The maximum atomic E-state index is 9.16. The zero-order valence-corrected chi connectivity index (χ0v) is 9.95. The Balaban J connectivity index is 2.27. The van der Waals surface area contributed by atoms with Crippen molar-refractivity contribution in [1.82, 2.24) is 9.88 Å². The monoisotopic (exact) mass is 210 g/mol. The van der Waals surface area contributed by atoms with Crippen LogP contribution >= 0.6 is 0 Å². The second-order valence-corrected chi connectivity index (χ2v) is 5.03. The number of hydrogen-bond acceptors (Lipinski definition) is 2. The summed E-state index contributed by atoms with van der Waals surface area (Å²) in [5.74, 6) is 0. The van der Waals surface area contributed by atoms with Crippen LogP contribution < -0.4 is 0 Å². The first kappa shape index (κ1) is 12.3. The van der Waals surface area contributed by atoms with Crippen LogP contribution in [0, 0.1) is 5.41 Å². The Morgan fingerprint density at radius 3 is 2.73 bits per heavy atom. The molecular weight excluding hydrogens is 188 g/mol. The van der Waals surface area contributed by atoms with Gasteiger partial charge in [-0.2, -0.15) is 0 Å². The molecule has 0 bridgehead atoms. The van der Waals surface area contributed by atoms with E-state index in [1.807, 2.05) is 12.4 Å². The molecule has 3 nitrogen and oxygen atoms in total. The third-order valence-corrected chi connectivity index (χ3v) is 2.57. The largest absolute Gasteiger partial charge is 0.396 e. The summed E-state index contributed by atoms with van der Waals surface area (Å²) in [5, 5.41) is 9.16. The molecule has 0 spiro atoms. The number of H-pyrrole nitrogens is 1. The fraction of sp³-hybridized carbons (Fsp3) is 0.667. The highest BCUT2D eigenvalue weighted by Gasteiger charge is 2.18. The van der Waals surface area contributed by atoms with Crippen LogP contribution in [0.25, 0.3) is 0 Å². The van der Waals surface area contributed by atoms with Gasteiger partial charge in [0, 0.05) is 37.5 Å². The van der Waals surface area contributed by atoms with Crippen molar-refractivity contribution < 1.29 is 5.11 Å². The summed E-state index contributed by atoms with van der Waals surface area (Å²) in [6.45, 7) is 6.36. The van der Waals surface area contributed by atoms with Gasteiger partial charge in [0.2, 0.25) is 0 Å². The number of rotatable bonds is 6. The fourth-order valence-electron chi connectivity index (χ4n) is 1.69. The molecule has 0 fully saturated rings. The van der Waals surface area contributed by atoms with Crippen LogP contribution in [0.5, 0.6) is 0 Å². The summed E-state index contributed by atoms with van der Waals surface area (Å²) >= 11 is 0. The van der Waals surface area contributed by atoms with Crippen molar-refractivity contribution in [3.63, 3.8) is 0 Å². The smallest absolute Gasteiger partial charge is 0.0494 e. The Morgan fingerprint density at radius 1 is 1.47 bits per heavy atom. The van der Waals surface area contributed by atoms with Crippen LogP contribution in [0.2, 0.25) is 0 Å². The van der Waals surface area contributed by atoms with E-state index in [0.717, 1.165) is 19.5 Å². The lowest BCUT2D eigenvalue weighted by Gasteiger charge is -2.28. The maximum Gasteiger partial charge on any atom is 0.0494 e. The minimum absolute atomic E-state index is 0.00705. The van der Waals surface area contributed by atoms with Crippen LogP contribution in [-0.2, 0) is 6.42 Å². The first-order valence-corrected chi connectivity index (χ1v) is 5.44. The standard InChI is InChI=1S/C12H22N2O/c1-12(2,10-15)9-14(3)7-5-11-4-6-13-8-11/h4,6,8,13,15H,5,7,9-10H2,1-3H3. The van der Waals surface area contributed by atoms with Crippen molar-refractivity contribution >= 4 is 0 Å². The third-order valence-electron chi connectivity index (χ3n) is 2.57. The zero-order valence-electron chi connectivity index (χ0n) is 9.95. The average Bonchev–Trinajstić information content (AvgIpc) is 2.66. The van der Waals surface area contributed by atoms with Gasteiger partial charge in [-0.05, 0) is 25.1 Å². The van der Waals surface area contributed by atoms with Crippen molar-refractivity contribution in [3.05, 3.63) is 24.0 Å². The van der Waals surface area contributed by atoms with Crippen molar-refractivity contribution in [2.24, 2.45) is 5.41 Å². The van der Waals surface area contributed by atoms with E-state index in [4.69, 9.17) is 5.11 Å². The molecule has 0 saturated carbocycles. The van der Waals surface area contributed by atoms with Gasteiger partial charge in [0.1, 0.15) is 0 Å². The molecule has 0 aromatic carbocycles. The molecule has 0 aliphatic heterocycles. The molecule has 0 aliphatic carbocycles. The topological polar surface area (TPSA) is 39.3 Å². The number of aliphatic hydroxyl groups excluding tert-OH is 1. The van der Waals surface area contributed by atoms with Gasteiger partial charge >= 0.3 is 0 Å². The van der Waals surface area contributed by atoms with Gasteiger partial charge in [0.25, 0.3) is 0 Å². The highest BCUT2D eigenvalue weighted by Crippen LogP contribution is 2.14. The summed E-state index contributed by atoms with van der Waals surface area (Å²) in [6.07, 6.45) is 5.04. The van der Waals surface area contributed by atoms with Gasteiger partial charge in [-0.1, -0.05) is 13.8 Å². The molecule has 86 valence electrons. The molecule has 0 amide bonds. The molecular formula is C12H22N2O. The van der Waals surface area contributed by atoms with Crippen LogP contribution in [0.4, 0.5) is 0 Å². The lowest BCUT2D eigenvalue weighted by atomic mass is 9.94. The number of hydrogen-bond donors (Lipinski definition) is 2. The lowest BCUT2D eigenvalue weighted by molar-refractivity contribution is 0.116. The molecule has 0 unspecified atom stereocenters. The molecule has 3 heteroatoms. The molecule has 1 aromatic rings. The fourth-order valence-corrected chi connectivity index (χ4v) is 1.69. The first-order valence-electron chi connectivity index (χ1n) is 5.44. The van der Waals surface area contributed by atoms with Crippen LogP contribution in [-0.4, -0.2) is 41.7 Å². The number of aliphatic hydroxyl groups is 1. The molecule has 0 saturated heterocycles. The molecule has 1 rings (SSSR count). The summed E-state index contributed by atoms with van der Waals surface area (Å²) in [4.78, 5) is 5.32. The van der Waals surface area contributed by atoms with Crippen LogP contribution in [0.3, 0.4) is 0 Å². The van der Waals surface area contributed by atoms with E-state index < -0.39 is 0 Å². The summed E-state index contributed by atoms with van der Waals surface area (Å²) in [6, 6.07) is 2.10. The van der Waals surface area contributed by atoms with Gasteiger partial charge in [-0.15, -0.1) is 0 Å². The third kappa shape index (κ3) is 4.49. The van der Waals surface area contributed by atoms with Gasteiger partial charge in [-0.3, -0.25) is 0 Å². The maximum absolute atomic E-state index is 9.16. The molecule has 1 heterocycles. The van der Waals surface area contributed by atoms with E-state index in [1.165, 1.54) is 5.56 Å². The van der Waals surface area contributed by atoms with Crippen molar-refractivity contribution in [2.45, 2.75) is 20.3 Å². The highest BCUT2D eigenvalue weighted by molar-refractivity contribution is 5.08. The number of nitrogens with zero attached hydrogens (tertiary/aromatic N) is 1. The Hall–Kier alpha value is -0.800. The Morgan fingerprint density at radius 2 is 2.20 bits per heavy atom. The summed E-state index contributed by atoms with van der Waals surface area (Å²) in [7, 11) is 2.10. The SMILES string of the molecule is CN(CCc1cc[nH]c1)CC(C)(C)CO. The summed E-state index contributed by atoms with van der Waals surface area (Å²) in [5.41, 5.74) is 1.33. The molecule has 1 aromatic heterocycles. The predicted octanol–water partition coefficient (Wildman–Crippen LogP) is 1.51. The number of nitrogens with one attached hydrogen (secondary N) is 1. The molecule has 15 heavy (non-hydrogen) atoms. The molecule has 0 atom stereocenters. The van der Waals surface area contributed by atoms with E-state index in [2.05, 4.69) is 36.8 Å². The van der Waals surface area contributed by atoms with Crippen LogP contribution in [0.15, 0.2) is 18.5 Å². The van der Waals surface area contributed by atoms with Gasteiger partial charge in [0.05, 0.1) is 0 Å². The van der Waals surface area contributed by atoms with Gasteiger partial charge in [0.15, 0.2) is 0 Å². The van der Waals surface area contributed by atoms with Crippen molar-refractivity contribution in [3.8, 4) is 0 Å². The quantitative estimate of drug-likeness (QED) is 0.747. The van der Waals surface area contributed by atoms with E-state index in [9.17, 15) is 0 Å². The number of aromatic amines is 1. The van der Waals surface area contributed by atoms with E-state index >= 15 is 0 Å². The van der Waals surface area contributed by atoms with Gasteiger partial charge in [-0.25, -0.2) is 0 Å². The lowest BCUT2D eigenvalue weighted by Crippen LogP contribution is -2.35. The minimum Gasteiger partial charge on any atom is -0.396 e. The van der Waals surface area contributed by atoms with Crippen LogP contribution in [0.1, 0.15) is 19.4 Å². The molecule has 2 N–H and O–H groups in total. The Kier molecular flexibility index (Phi) is 4.36. The molecule has 0 aliphatic rings. The predicted molar refractivity (Wildman–Crippen MR) is 62.9 cm³/mol. The summed E-state index contributed by atoms with van der Waals surface area (Å²) < 4.78 is 0. The van der Waals surface area contributed by atoms with E-state index in [1.54, 1.807) is 0 Å². The van der Waals surface area contributed by atoms with E-state index in [-0.39, 0.29) is 12.0 Å². The van der Waals surface area contributed by atoms with Crippen molar-refractivity contribution in [2.75, 3.05) is 26.7 Å². The van der Waals surface area contributed by atoms with Crippen molar-refractivity contribution in [1.29, 1.82) is 0 Å². The molecule has 0 radical (unpaired) electrons. The van der Waals surface area contributed by atoms with Gasteiger partial charge < -0.3 is 15.0 Å².